The number of halogens is 1. The number of nitrogens with zero attached hydrogens (tertiary/aromatic N) is 2. The van der Waals surface area contributed by atoms with Crippen molar-refractivity contribution in [1.29, 1.82) is 0 Å². The third-order valence-electron chi connectivity index (χ3n) is 6.24. The van der Waals surface area contributed by atoms with E-state index in [9.17, 15) is 9.59 Å². The first-order valence-electron chi connectivity index (χ1n) is 10.2. The summed E-state index contributed by atoms with van der Waals surface area (Å²) in [7, 11) is 1.41. The molecule has 0 spiro atoms. The highest BCUT2D eigenvalue weighted by atomic mass is 19.1. The minimum atomic E-state index is -1.63. The number of anilines is 2. The topological polar surface area (TPSA) is 133 Å². The Hall–Kier alpha value is -3.01. The fourth-order valence-corrected chi connectivity index (χ4v) is 4.39. The van der Waals surface area contributed by atoms with E-state index in [1.807, 2.05) is 18.7 Å². The van der Waals surface area contributed by atoms with E-state index < -0.39 is 28.7 Å². The summed E-state index contributed by atoms with van der Waals surface area (Å²) in [5, 5.41) is 8.85. The monoisotopic (exact) mass is 434 g/mol. The molecule has 0 radical (unpaired) electrons. The molecule has 2 fully saturated rings. The number of carboxylic acid groups (broad SMARTS) is 1. The van der Waals surface area contributed by atoms with Crippen molar-refractivity contribution in [3.8, 4) is 11.5 Å². The molecule has 1 atom stereocenters. The number of aromatic nitrogens is 1. The van der Waals surface area contributed by atoms with Crippen LogP contribution >= 0.6 is 0 Å². The number of hydrogen-bond acceptors (Lipinski definition) is 7. The molecule has 10 heteroatoms. The molecular weight excluding hydrogens is 407 g/mol. The van der Waals surface area contributed by atoms with Crippen LogP contribution in [0.5, 0.6) is 11.5 Å². The maximum atomic E-state index is 15.6. The van der Waals surface area contributed by atoms with Crippen LogP contribution < -0.4 is 31.3 Å². The van der Waals surface area contributed by atoms with Crippen molar-refractivity contribution in [2.24, 2.45) is 11.7 Å². The highest BCUT2D eigenvalue weighted by Crippen LogP contribution is 2.47. The molecule has 2 aliphatic rings. The normalized spacial score (nSPS) is 19.1. The second-order valence-electron chi connectivity index (χ2n) is 8.91. The van der Waals surface area contributed by atoms with Crippen molar-refractivity contribution < 1.29 is 23.8 Å². The molecule has 0 unspecified atom stereocenters. The van der Waals surface area contributed by atoms with E-state index in [4.69, 9.17) is 21.3 Å². The van der Waals surface area contributed by atoms with Crippen LogP contribution in [0.25, 0.3) is 10.9 Å². The van der Waals surface area contributed by atoms with Gasteiger partial charge in [0.25, 0.3) is 0 Å². The molecule has 31 heavy (non-hydrogen) atoms. The SMILES string of the molecule is COc1c(N2CC[C@@H](C(C)(C)N)C2)c(F)c(N)c2c(=O)c(OC(=O)O)cn(C3CC3)c12. The molecule has 5 N–H and O–H groups in total. The molecule has 1 aliphatic carbocycles. The standard InChI is InChI=1S/C21H27FN4O5/c1-21(2,24)10-6-7-25(8-10)17-14(22)15(23)13-16(19(17)30-3)26(11-4-5-11)9-12(18(13)27)31-20(28)29/h9-11H,4-8,23-24H2,1-3H3,(H,28,29)/t10-/m1/s1. The lowest BCUT2D eigenvalue weighted by Gasteiger charge is -2.29. The molecule has 1 aromatic heterocycles. The fraction of sp³-hybridized carbons (Fsp3) is 0.524. The van der Waals surface area contributed by atoms with Gasteiger partial charge in [-0.15, -0.1) is 0 Å². The van der Waals surface area contributed by atoms with Crippen LogP contribution in [0, 0.1) is 11.7 Å². The molecule has 1 aliphatic heterocycles. The number of nitrogen functional groups attached to an aromatic ring is 1. The summed E-state index contributed by atoms with van der Waals surface area (Å²) in [6.07, 6.45) is 2.15. The Morgan fingerprint density at radius 3 is 2.52 bits per heavy atom. The molecule has 4 rings (SSSR count). The summed E-state index contributed by atoms with van der Waals surface area (Å²) < 4.78 is 27.6. The van der Waals surface area contributed by atoms with Gasteiger partial charge in [-0.25, -0.2) is 9.18 Å². The maximum absolute atomic E-state index is 15.6. The number of nitrogens with two attached hydrogens (primary N) is 2. The van der Waals surface area contributed by atoms with Crippen LogP contribution in [-0.4, -0.2) is 41.6 Å². The van der Waals surface area contributed by atoms with Gasteiger partial charge in [0, 0.05) is 24.7 Å². The predicted molar refractivity (Wildman–Crippen MR) is 115 cm³/mol. The first-order valence-corrected chi connectivity index (χ1v) is 10.2. The molecule has 1 saturated heterocycles. The Bertz CT molecular complexity index is 1120. The van der Waals surface area contributed by atoms with E-state index in [2.05, 4.69) is 4.74 Å². The molecule has 0 amide bonds. The van der Waals surface area contributed by atoms with Gasteiger partial charge in [-0.3, -0.25) is 4.79 Å². The van der Waals surface area contributed by atoms with Crippen LogP contribution in [-0.2, 0) is 0 Å². The largest absolute Gasteiger partial charge is 0.511 e. The van der Waals surface area contributed by atoms with Gasteiger partial charge in [0.2, 0.25) is 5.43 Å². The van der Waals surface area contributed by atoms with Gasteiger partial charge in [0.1, 0.15) is 5.69 Å². The Morgan fingerprint density at radius 1 is 1.32 bits per heavy atom. The van der Waals surface area contributed by atoms with Crippen LogP contribution in [0.1, 0.15) is 39.2 Å². The first-order chi connectivity index (χ1) is 14.5. The minimum absolute atomic E-state index is 0.0140. The van der Waals surface area contributed by atoms with Crippen LogP contribution in [0.3, 0.4) is 0 Å². The molecular formula is C21H27FN4O5. The summed E-state index contributed by atoms with van der Waals surface area (Å²) in [5.41, 5.74) is 11.4. The molecule has 2 aromatic rings. The molecule has 9 nitrogen and oxygen atoms in total. The summed E-state index contributed by atoms with van der Waals surface area (Å²) in [5.74, 6) is -0.848. The van der Waals surface area contributed by atoms with Crippen molar-refractivity contribution >= 4 is 28.4 Å². The van der Waals surface area contributed by atoms with E-state index in [0.717, 1.165) is 19.3 Å². The van der Waals surface area contributed by atoms with Gasteiger partial charge in [-0.2, -0.15) is 0 Å². The van der Waals surface area contributed by atoms with Gasteiger partial charge < -0.3 is 35.5 Å². The zero-order valence-corrected chi connectivity index (χ0v) is 17.8. The maximum Gasteiger partial charge on any atom is 0.511 e. The number of methoxy groups -OCH3 is 1. The quantitative estimate of drug-likeness (QED) is 0.483. The Kier molecular flexibility index (Phi) is 5.00. The lowest BCUT2D eigenvalue weighted by Crippen LogP contribution is -2.42. The molecule has 168 valence electrons. The Morgan fingerprint density at radius 2 is 2.00 bits per heavy atom. The number of fused-ring (bicyclic) bond motifs is 1. The number of ether oxygens (including phenoxy) is 2. The van der Waals surface area contributed by atoms with Crippen molar-refractivity contribution in [3.63, 3.8) is 0 Å². The number of carbonyl (C=O) groups is 1. The first kappa shape index (κ1) is 21.2. The van der Waals surface area contributed by atoms with E-state index in [1.165, 1.54) is 13.3 Å². The van der Waals surface area contributed by atoms with E-state index in [-0.39, 0.29) is 34.5 Å². The number of benzene rings is 1. The lowest BCUT2D eigenvalue weighted by atomic mass is 9.88. The smallest absolute Gasteiger partial charge is 0.492 e. The zero-order chi connectivity index (χ0) is 22.7. The Labute approximate surface area is 178 Å². The molecule has 0 bridgehead atoms. The van der Waals surface area contributed by atoms with E-state index >= 15 is 4.39 Å². The third kappa shape index (κ3) is 3.54. The van der Waals surface area contributed by atoms with Gasteiger partial charge in [-0.05, 0) is 39.0 Å². The summed E-state index contributed by atoms with van der Waals surface area (Å²) in [4.78, 5) is 25.9. The average Bonchev–Trinajstić information content (AvgIpc) is 3.40. The number of rotatable bonds is 5. The number of pyridine rings is 1. The van der Waals surface area contributed by atoms with Crippen molar-refractivity contribution in [2.45, 2.75) is 44.7 Å². The zero-order valence-electron chi connectivity index (χ0n) is 17.8. The van der Waals surface area contributed by atoms with Gasteiger partial charge in [0.05, 0.1) is 29.9 Å². The van der Waals surface area contributed by atoms with Gasteiger partial charge in [0.15, 0.2) is 17.3 Å². The molecule has 1 saturated carbocycles. The fourth-order valence-electron chi connectivity index (χ4n) is 4.39. The Balaban J connectivity index is 1.98. The van der Waals surface area contributed by atoms with Crippen molar-refractivity contribution in [2.75, 3.05) is 30.8 Å². The van der Waals surface area contributed by atoms with Gasteiger partial charge in [-0.1, -0.05) is 0 Å². The van der Waals surface area contributed by atoms with E-state index in [1.54, 1.807) is 4.57 Å². The summed E-state index contributed by atoms with van der Waals surface area (Å²) in [6.45, 7) is 4.98. The highest BCUT2D eigenvalue weighted by molar-refractivity contribution is 6.01. The molecule has 1 aromatic carbocycles. The molecule has 2 heterocycles. The van der Waals surface area contributed by atoms with E-state index in [0.29, 0.717) is 18.6 Å². The summed E-state index contributed by atoms with van der Waals surface area (Å²) >= 11 is 0. The second kappa shape index (κ2) is 7.30. The predicted octanol–water partition coefficient (Wildman–Crippen LogP) is 2.69. The van der Waals surface area contributed by atoms with Crippen molar-refractivity contribution in [3.05, 3.63) is 22.2 Å². The lowest BCUT2D eigenvalue weighted by molar-refractivity contribution is 0.143. The van der Waals surface area contributed by atoms with Crippen molar-refractivity contribution in [1.82, 2.24) is 4.57 Å². The minimum Gasteiger partial charge on any atom is -0.492 e. The van der Waals surface area contributed by atoms with Gasteiger partial charge >= 0.3 is 6.16 Å². The summed E-state index contributed by atoms with van der Waals surface area (Å²) in [6, 6.07) is 0.0140. The van der Waals surface area contributed by atoms with Crippen LogP contribution in [0.4, 0.5) is 20.6 Å². The second-order valence-corrected chi connectivity index (χ2v) is 8.91. The van der Waals surface area contributed by atoms with Crippen LogP contribution in [0.15, 0.2) is 11.0 Å². The average molecular weight is 434 g/mol. The number of hydrogen-bond donors (Lipinski definition) is 3. The third-order valence-corrected chi connectivity index (χ3v) is 6.24. The van der Waals surface area contributed by atoms with Crippen LogP contribution in [0.2, 0.25) is 0 Å². The highest BCUT2D eigenvalue weighted by Gasteiger charge is 2.37.